The molecule has 2 aromatic heterocycles. The molecule has 0 fully saturated rings. The van der Waals surface area contributed by atoms with Crippen molar-refractivity contribution in [1.29, 1.82) is 0 Å². The number of aromatic nitrogens is 2. The van der Waals surface area contributed by atoms with E-state index in [2.05, 4.69) is 20.5 Å². The van der Waals surface area contributed by atoms with Gasteiger partial charge in [0.05, 0.1) is 17.5 Å². The van der Waals surface area contributed by atoms with Crippen LogP contribution in [0, 0.1) is 13.8 Å². The van der Waals surface area contributed by atoms with Gasteiger partial charge in [-0.15, -0.1) is 11.3 Å². The van der Waals surface area contributed by atoms with Crippen LogP contribution >= 0.6 is 22.9 Å². The number of nitrogens with zero attached hydrogens (tertiary/aromatic N) is 2. The minimum atomic E-state index is -0.345. The minimum absolute atomic E-state index is 0.0533. The smallest absolute Gasteiger partial charge is 0.259 e. The fraction of sp³-hybridized carbons (Fsp3) is 0.263. The summed E-state index contributed by atoms with van der Waals surface area (Å²) < 4.78 is 0. The minimum Gasteiger partial charge on any atom is -0.309 e. The van der Waals surface area contributed by atoms with E-state index in [4.69, 9.17) is 11.6 Å². The average Bonchev–Trinajstić information content (AvgIpc) is 2.91. The molecule has 0 atom stereocenters. The molecule has 3 aromatic rings. The lowest BCUT2D eigenvalue weighted by molar-refractivity contribution is -0.120. The highest BCUT2D eigenvalue weighted by molar-refractivity contribution is 7.18. The van der Waals surface area contributed by atoms with E-state index >= 15 is 0 Å². The van der Waals surface area contributed by atoms with Gasteiger partial charge in [-0.1, -0.05) is 30.7 Å². The number of rotatable bonds is 5. The van der Waals surface area contributed by atoms with E-state index in [0.29, 0.717) is 27.5 Å². The molecule has 8 heteroatoms. The van der Waals surface area contributed by atoms with Crippen molar-refractivity contribution in [3.63, 3.8) is 0 Å². The van der Waals surface area contributed by atoms with Crippen LogP contribution < -0.4 is 11.0 Å². The number of carbonyl (C=O) groups is 1. The molecule has 0 aliphatic carbocycles. The van der Waals surface area contributed by atoms with E-state index in [1.165, 1.54) is 11.3 Å². The lowest BCUT2D eigenvalue weighted by Gasteiger charge is -2.05. The Hall–Kier alpha value is -2.51. The third-order valence-corrected chi connectivity index (χ3v) is 5.60. The Morgan fingerprint density at radius 3 is 2.67 bits per heavy atom. The summed E-state index contributed by atoms with van der Waals surface area (Å²) in [6, 6.07) is 7.26. The average molecular weight is 403 g/mol. The number of hydrogen-bond acceptors (Lipinski definition) is 5. The molecule has 0 radical (unpaired) electrons. The van der Waals surface area contributed by atoms with Crippen LogP contribution in [0.2, 0.25) is 5.02 Å². The van der Waals surface area contributed by atoms with Crippen LogP contribution in [0.5, 0.6) is 0 Å². The maximum absolute atomic E-state index is 12.3. The van der Waals surface area contributed by atoms with Crippen molar-refractivity contribution in [3.05, 3.63) is 61.5 Å². The Morgan fingerprint density at radius 1 is 1.30 bits per heavy atom. The standard InChI is InChI=1S/C19H19ClN4O2S/c1-4-14(12-5-7-13(20)8-6-12)23-24-16(25)9-15-21-18(26)17-10(2)11(3)27-19(17)22-15/h5-8H,4,9H2,1-3H3,(H,24,25)(H,21,22,26)/b23-14+. The summed E-state index contributed by atoms with van der Waals surface area (Å²) in [7, 11) is 0. The third-order valence-electron chi connectivity index (χ3n) is 4.24. The molecule has 27 heavy (non-hydrogen) atoms. The first-order valence-corrected chi connectivity index (χ1v) is 9.68. The molecule has 3 rings (SSSR count). The summed E-state index contributed by atoms with van der Waals surface area (Å²) in [5.41, 5.74) is 4.87. The van der Waals surface area contributed by atoms with Crippen LogP contribution in [-0.2, 0) is 11.2 Å². The molecule has 0 aliphatic rings. The van der Waals surface area contributed by atoms with Gasteiger partial charge in [-0.3, -0.25) is 9.59 Å². The predicted molar refractivity (Wildman–Crippen MR) is 110 cm³/mol. The molecule has 0 unspecified atom stereocenters. The summed E-state index contributed by atoms with van der Waals surface area (Å²) in [6.07, 6.45) is 0.596. The number of benzene rings is 1. The van der Waals surface area contributed by atoms with Gasteiger partial charge in [0.1, 0.15) is 10.7 Å². The number of hydrogen-bond donors (Lipinski definition) is 2. The monoisotopic (exact) mass is 402 g/mol. The van der Waals surface area contributed by atoms with E-state index in [1.54, 1.807) is 12.1 Å². The Labute approximate surface area is 165 Å². The molecule has 0 bridgehead atoms. The second kappa shape index (κ2) is 8.02. The number of nitrogens with one attached hydrogen (secondary N) is 2. The van der Waals surface area contributed by atoms with Crippen molar-refractivity contribution in [2.24, 2.45) is 5.10 Å². The number of hydrazone groups is 1. The van der Waals surface area contributed by atoms with Crippen LogP contribution in [0.15, 0.2) is 34.2 Å². The number of H-pyrrole nitrogens is 1. The number of halogens is 1. The quantitative estimate of drug-likeness (QED) is 0.503. The van der Waals surface area contributed by atoms with E-state index in [0.717, 1.165) is 21.7 Å². The molecule has 1 amide bonds. The van der Waals surface area contributed by atoms with E-state index in [1.807, 2.05) is 32.9 Å². The number of thiophene rings is 1. The van der Waals surface area contributed by atoms with Crippen LogP contribution in [0.3, 0.4) is 0 Å². The maximum atomic E-state index is 12.3. The zero-order valence-electron chi connectivity index (χ0n) is 15.2. The first kappa shape index (κ1) is 19.3. The topological polar surface area (TPSA) is 87.2 Å². The predicted octanol–water partition coefficient (Wildman–Crippen LogP) is 3.73. The highest BCUT2D eigenvalue weighted by atomic mass is 35.5. The fourth-order valence-corrected chi connectivity index (χ4v) is 3.87. The zero-order valence-corrected chi connectivity index (χ0v) is 16.8. The molecule has 1 aromatic carbocycles. The highest BCUT2D eigenvalue weighted by Gasteiger charge is 2.13. The maximum Gasteiger partial charge on any atom is 0.259 e. The largest absolute Gasteiger partial charge is 0.309 e. The number of aryl methyl sites for hydroxylation is 2. The summed E-state index contributed by atoms with van der Waals surface area (Å²) in [5.74, 6) is -0.0200. The summed E-state index contributed by atoms with van der Waals surface area (Å²) in [6.45, 7) is 5.80. The van der Waals surface area contributed by atoms with Gasteiger partial charge in [-0.25, -0.2) is 10.4 Å². The van der Waals surface area contributed by atoms with E-state index in [9.17, 15) is 9.59 Å². The number of aromatic amines is 1. The summed E-state index contributed by atoms with van der Waals surface area (Å²) >= 11 is 7.35. The fourth-order valence-electron chi connectivity index (χ4n) is 2.69. The van der Waals surface area contributed by atoms with Crippen molar-refractivity contribution in [3.8, 4) is 0 Å². The van der Waals surface area contributed by atoms with Gasteiger partial charge >= 0.3 is 0 Å². The Morgan fingerprint density at radius 2 is 2.00 bits per heavy atom. The molecule has 2 N–H and O–H groups in total. The van der Waals surface area contributed by atoms with Crippen LogP contribution in [-0.4, -0.2) is 21.6 Å². The van der Waals surface area contributed by atoms with Gasteiger partial charge in [0.2, 0.25) is 5.91 Å². The normalized spacial score (nSPS) is 11.8. The van der Waals surface area contributed by atoms with E-state index in [-0.39, 0.29) is 17.9 Å². The molecule has 6 nitrogen and oxygen atoms in total. The zero-order chi connectivity index (χ0) is 19.6. The van der Waals surface area contributed by atoms with Crippen LogP contribution in [0.4, 0.5) is 0 Å². The van der Waals surface area contributed by atoms with Gasteiger partial charge in [-0.2, -0.15) is 5.10 Å². The second-order valence-electron chi connectivity index (χ2n) is 6.11. The van der Waals surface area contributed by atoms with Crippen molar-refractivity contribution in [2.75, 3.05) is 0 Å². The lowest BCUT2D eigenvalue weighted by atomic mass is 10.1. The molecular weight excluding hydrogens is 384 g/mol. The molecule has 140 valence electrons. The highest BCUT2D eigenvalue weighted by Crippen LogP contribution is 2.25. The second-order valence-corrected chi connectivity index (χ2v) is 7.75. The van der Waals surface area contributed by atoms with Gasteiger partial charge in [-0.05, 0) is 43.5 Å². The first-order chi connectivity index (χ1) is 12.9. The summed E-state index contributed by atoms with van der Waals surface area (Å²) in [4.78, 5) is 33.3. The van der Waals surface area contributed by atoms with Crippen LogP contribution in [0.1, 0.15) is 35.2 Å². The van der Waals surface area contributed by atoms with Crippen molar-refractivity contribution in [1.82, 2.24) is 15.4 Å². The Bertz CT molecular complexity index is 1080. The number of fused-ring (bicyclic) bond motifs is 1. The van der Waals surface area contributed by atoms with Crippen molar-refractivity contribution >= 4 is 44.8 Å². The van der Waals surface area contributed by atoms with E-state index < -0.39 is 0 Å². The molecule has 2 heterocycles. The van der Waals surface area contributed by atoms with Crippen molar-refractivity contribution < 1.29 is 4.79 Å². The molecule has 0 aliphatic heterocycles. The molecule has 0 saturated heterocycles. The third kappa shape index (κ3) is 4.26. The Balaban J connectivity index is 1.76. The van der Waals surface area contributed by atoms with Gasteiger partial charge in [0.25, 0.3) is 5.56 Å². The number of amides is 1. The van der Waals surface area contributed by atoms with Gasteiger partial charge < -0.3 is 4.98 Å². The first-order valence-electron chi connectivity index (χ1n) is 8.49. The van der Waals surface area contributed by atoms with Crippen LogP contribution in [0.25, 0.3) is 10.2 Å². The number of carbonyl (C=O) groups excluding carboxylic acids is 1. The molecule has 0 spiro atoms. The molecule has 0 saturated carbocycles. The Kier molecular flexibility index (Phi) is 5.72. The SMILES string of the molecule is CC/C(=N\NC(=O)Cc1nc2sc(C)c(C)c2c(=O)[nH]1)c1ccc(Cl)cc1. The van der Waals surface area contributed by atoms with Gasteiger partial charge in [0.15, 0.2) is 0 Å². The van der Waals surface area contributed by atoms with Gasteiger partial charge in [0, 0.05) is 9.90 Å². The van der Waals surface area contributed by atoms with Crippen molar-refractivity contribution in [2.45, 2.75) is 33.6 Å². The molecular formula is C19H19ClN4O2S. The lowest BCUT2D eigenvalue weighted by Crippen LogP contribution is -2.24. The summed E-state index contributed by atoms with van der Waals surface area (Å²) in [5, 5.41) is 5.43.